The highest BCUT2D eigenvalue weighted by Crippen LogP contribution is 2.30. The zero-order chi connectivity index (χ0) is 20.6. The molecule has 0 aliphatic rings. The number of aryl methyl sites for hydroxylation is 1. The van der Waals surface area contributed by atoms with E-state index in [1.54, 1.807) is 4.68 Å². The molecule has 0 saturated heterocycles. The molecule has 0 unspecified atom stereocenters. The van der Waals surface area contributed by atoms with E-state index < -0.39 is 6.09 Å². The number of ether oxygens (including phenoxy) is 3. The van der Waals surface area contributed by atoms with Crippen LogP contribution in [-0.4, -0.2) is 35.8 Å². The first-order valence-corrected chi connectivity index (χ1v) is 9.05. The zero-order valence-electron chi connectivity index (χ0n) is 16.5. The predicted octanol–water partition coefficient (Wildman–Crippen LogP) is 4.06. The predicted molar refractivity (Wildman–Crippen MR) is 109 cm³/mol. The number of para-hydroxylation sites is 1. The third-order valence-electron chi connectivity index (χ3n) is 3.95. The van der Waals surface area contributed by atoms with Gasteiger partial charge in [0.25, 0.3) is 0 Å². The van der Waals surface area contributed by atoms with Gasteiger partial charge in [0.05, 0.1) is 36.9 Å². The summed E-state index contributed by atoms with van der Waals surface area (Å²) in [6.45, 7) is 4.36. The molecule has 1 aromatic heterocycles. The Kier molecular flexibility index (Phi) is 6.47. The molecule has 3 aromatic rings. The summed E-state index contributed by atoms with van der Waals surface area (Å²) < 4.78 is 17.8. The standard InChI is InChI=1S/C21H22N4O4/c1-4-28-17-10-12-18(13-11-17)29-20-19(14-22-23-21(26)27-3)15(2)24-25(20)16-8-6-5-7-9-16/h5-14H,4H2,1-3H3,(H,23,26)/b22-14-. The van der Waals surface area contributed by atoms with Crippen molar-refractivity contribution in [2.75, 3.05) is 13.7 Å². The first-order chi connectivity index (χ1) is 14.1. The number of nitrogens with zero attached hydrogens (tertiary/aromatic N) is 3. The van der Waals surface area contributed by atoms with Gasteiger partial charge in [-0.05, 0) is 50.2 Å². The Bertz CT molecular complexity index is 982. The van der Waals surface area contributed by atoms with Gasteiger partial charge in [-0.1, -0.05) is 18.2 Å². The number of hydrazone groups is 1. The lowest BCUT2D eigenvalue weighted by atomic mass is 10.2. The molecule has 0 aliphatic heterocycles. The number of carbonyl (C=O) groups is 1. The molecular formula is C21H22N4O4. The van der Waals surface area contributed by atoms with E-state index in [9.17, 15) is 4.79 Å². The Balaban J connectivity index is 1.97. The largest absolute Gasteiger partial charge is 0.494 e. The molecule has 0 radical (unpaired) electrons. The van der Waals surface area contributed by atoms with Crippen molar-refractivity contribution in [2.45, 2.75) is 13.8 Å². The molecule has 0 spiro atoms. The summed E-state index contributed by atoms with van der Waals surface area (Å²) in [7, 11) is 1.27. The van der Waals surface area contributed by atoms with Crippen LogP contribution in [0.2, 0.25) is 0 Å². The number of aromatic nitrogens is 2. The van der Waals surface area contributed by atoms with Gasteiger partial charge in [0.1, 0.15) is 11.5 Å². The minimum atomic E-state index is -0.664. The lowest BCUT2D eigenvalue weighted by molar-refractivity contribution is 0.171. The maximum absolute atomic E-state index is 11.3. The lowest BCUT2D eigenvalue weighted by Crippen LogP contribution is -2.16. The summed E-state index contributed by atoms with van der Waals surface area (Å²) >= 11 is 0. The molecule has 1 N–H and O–H groups in total. The number of methoxy groups -OCH3 is 1. The minimum Gasteiger partial charge on any atom is -0.494 e. The number of carbonyl (C=O) groups excluding carboxylic acids is 1. The van der Waals surface area contributed by atoms with Crippen LogP contribution in [0.5, 0.6) is 17.4 Å². The Morgan fingerprint density at radius 1 is 1.14 bits per heavy atom. The molecule has 2 aromatic carbocycles. The van der Waals surface area contributed by atoms with E-state index in [2.05, 4.69) is 20.4 Å². The number of nitrogens with one attached hydrogen (secondary N) is 1. The van der Waals surface area contributed by atoms with Gasteiger partial charge in [0.15, 0.2) is 0 Å². The number of rotatable bonds is 7. The molecule has 0 fully saturated rings. The Labute approximate surface area is 168 Å². The van der Waals surface area contributed by atoms with Crippen LogP contribution in [0.3, 0.4) is 0 Å². The topological polar surface area (TPSA) is 87.0 Å². The fourth-order valence-electron chi connectivity index (χ4n) is 2.59. The van der Waals surface area contributed by atoms with Gasteiger partial charge in [-0.15, -0.1) is 0 Å². The van der Waals surface area contributed by atoms with Gasteiger partial charge in [-0.25, -0.2) is 10.2 Å². The van der Waals surface area contributed by atoms with Crippen LogP contribution in [0, 0.1) is 6.92 Å². The smallest absolute Gasteiger partial charge is 0.427 e. The van der Waals surface area contributed by atoms with E-state index in [0.717, 1.165) is 11.4 Å². The van der Waals surface area contributed by atoms with E-state index in [1.165, 1.54) is 13.3 Å². The van der Waals surface area contributed by atoms with Gasteiger partial charge >= 0.3 is 6.09 Å². The molecule has 150 valence electrons. The average molecular weight is 394 g/mol. The monoisotopic (exact) mass is 394 g/mol. The minimum absolute atomic E-state index is 0.466. The maximum Gasteiger partial charge on any atom is 0.427 e. The summed E-state index contributed by atoms with van der Waals surface area (Å²) in [6.07, 6.45) is 0.811. The fourth-order valence-corrected chi connectivity index (χ4v) is 2.59. The molecular weight excluding hydrogens is 372 g/mol. The molecule has 0 atom stereocenters. The van der Waals surface area contributed by atoms with Crippen molar-refractivity contribution in [1.82, 2.24) is 15.2 Å². The highest BCUT2D eigenvalue weighted by atomic mass is 16.5. The first-order valence-electron chi connectivity index (χ1n) is 9.05. The van der Waals surface area contributed by atoms with Crippen LogP contribution in [-0.2, 0) is 4.74 Å². The van der Waals surface area contributed by atoms with Gasteiger partial charge in [-0.3, -0.25) is 0 Å². The molecule has 0 aliphatic carbocycles. The number of benzene rings is 2. The summed E-state index contributed by atoms with van der Waals surface area (Å²) in [5.74, 6) is 1.84. The highest BCUT2D eigenvalue weighted by molar-refractivity contribution is 5.85. The van der Waals surface area contributed by atoms with Gasteiger partial charge in [0, 0.05) is 0 Å². The highest BCUT2D eigenvalue weighted by Gasteiger charge is 2.18. The van der Waals surface area contributed by atoms with Crippen LogP contribution < -0.4 is 14.9 Å². The van der Waals surface area contributed by atoms with E-state index in [1.807, 2.05) is 68.4 Å². The van der Waals surface area contributed by atoms with Gasteiger partial charge in [-0.2, -0.15) is 14.9 Å². The fraction of sp³-hybridized carbons (Fsp3) is 0.190. The van der Waals surface area contributed by atoms with Crippen LogP contribution in [0.4, 0.5) is 4.79 Å². The number of amides is 1. The van der Waals surface area contributed by atoms with Crippen molar-refractivity contribution in [3.8, 4) is 23.1 Å². The van der Waals surface area contributed by atoms with Gasteiger partial charge in [0.2, 0.25) is 5.88 Å². The Morgan fingerprint density at radius 2 is 1.83 bits per heavy atom. The normalized spacial score (nSPS) is 10.7. The summed E-state index contributed by atoms with van der Waals surface area (Å²) in [4.78, 5) is 11.3. The van der Waals surface area contributed by atoms with Gasteiger partial charge < -0.3 is 14.2 Å². The second kappa shape index (κ2) is 9.41. The molecule has 8 nitrogen and oxygen atoms in total. The molecule has 1 amide bonds. The summed E-state index contributed by atoms with van der Waals surface area (Å²) in [5, 5.41) is 8.49. The zero-order valence-corrected chi connectivity index (χ0v) is 16.5. The van der Waals surface area contributed by atoms with Crippen molar-refractivity contribution in [3.63, 3.8) is 0 Å². The molecule has 3 rings (SSSR count). The van der Waals surface area contributed by atoms with E-state index in [0.29, 0.717) is 29.5 Å². The van der Waals surface area contributed by atoms with Crippen LogP contribution >= 0.6 is 0 Å². The van der Waals surface area contributed by atoms with Crippen molar-refractivity contribution in [1.29, 1.82) is 0 Å². The van der Waals surface area contributed by atoms with Crippen molar-refractivity contribution in [3.05, 3.63) is 65.9 Å². The molecule has 8 heteroatoms. The molecule has 29 heavy (non-hydrogen) atoms. The lowest BCUT2D eigenvalue weighted by Gasteiger charge is -2.11. The van der Waals surface area contributed by atoms with Crippen LogP contribution in [0.25, 0.3) is 5.69 Å². The Hall–Kier alpha value is -3.81. The third-order valence-corrected chi connectivity index (χ3v) is 3.95. The Morgan fingerprint density at radius 3 is 2.48 bits per heavy atom. The second-order valence-corrected chi connectivity index (χ2v) is 5.92. The average Bonchev–Trinajstić information content (AvgIpc) is 3.05. The van der Waals surface area contributed by atoms with E-state index in [4.69, 9.17) is 9.47 Å². The van der Waals surface area contributed by atoms with Crippen LogP contribution in [0.15, 0.2) is 59.7 Å². The molecule has 0 bridgehead atoms. The van der Waals surface area contributed by atoms with E-state index >= 15 is 0 Å². The third kappa shape index (κ3) is 4.92. The van der Waals surface area contributed by atoms with Crippen molar-refractivity contribution in [2.24, 2.45) is 5.10 Å². The second-order valence-electron chi connectivity index (χ2n) is 5.92. The summed E-state index contributed by atoms with van der Waals surface area (Å²) in [5.41, 5.74) is 4.41. The summed E-state index contributed by atoms with van der Waals surface area (Å²) in [6, 6.07) is 16.9. The molecule has 1 heterocycles. The molecule has 0 saturated carbocycles. The van der Waals surface area contributed by atoms with Crippen molar-refractivity contribution < 1.29 is 19.0 Å². The number of hydrogen-bond acceptors (Lipinski definition) is 6. The first kappa shape index (κ1) is 19.9. The van der Waals surface area contributed by atoms with Crippen LogP contribution in [0.1, 0.15) is 18.2 Å². The van der Waals surface area contributed by atoms with Crippen molar-refractivity contribution >= 4 is 12.3 Å². The SMILES string of the molecule is CCOc1ccc(Oc2c(/C=N\NC(=O)OC)c(C)nn2-c2ccccc2)cc1. The maximum atomic E-state index is 11.3. The quantitative estimate of drug-likeness (QED) is 0.482. The van der Waals surface area contributed by atoms with E-state index in [-0.39, 0.29) is 0 Å². The number of hydrogen-bond donors (Lipinski definition) is 1.